The average molecular weight is 514 g/mol. The Labute approximate surface area is 191 Å². The van der Waals surface area contributed by atoms with Crippen LogP contribution in [0.1, 0.15) is 50.2 Å². The van der Waals surface area contributed by atoms with Gasteiger partial charge in [-0.05, 0) is 38.3 Å². The highest BCUT2D eigenvalue weighted by atomic mass is 127. The van der Waals surface area contributed by atoms with Crippen LogP contribution in [0, 0.1) is 0 Å². The molecular formula is C22H35IN4O2. The molecule has 2 N–H and O–H groups in total. The van der Waals surface area contributed by atoms with Gasteiger partial charge in [-0.15, -0.1) is 24.0 Å². The lowest BCUT2D eigenvalue weighted by Crippen LogP contribution is -2.45. The van der Waals surface area contributed by atoms with Gasteiger partial charge in [0, 0.05) is 56.3 Å². The van der Waals surface area contributed by atoms with Crippen LogP contribution in [0.3, 0.4) is 0 Å². The van der Waals surface area contributed by atoms with E-state index in [9.17, 15) is 0 Å². The van der Waals surface area contributed by atoms with Crippen molar-refractivity contribution in [1.29, 1.82) is 0 Å². The van der Waals surface area contributed by atoms with Gasteiger partial charge in [-0.3, -0.25) is 9.89 Å². The minimum Gasteiger partial charge on any atom is -0.496 e. The van der Waals surface area contributed by atoms with E-state index < -0.39 is 0 Å². The molecule has 7 heteroatoms. The molecule has 29 heavy (non-hydrogen) atoms. The van der Waals surface area contributed by atoms with E-state index in [1.54, 1.807) is 7.11 Å². The van der Waals surface area contributed by atoms with Gasteiger partial charge in [0.05, 0.1) is 7.11 Å². The van der Waals surface area contributed by atoms with Crippen molar-refractivity contribution < 1.29 is 9.47 Å². The zero-order valence-corrected chi connectivity index (χ0v) is 20.2. The number of ether oxygens (including phenoxy) is 2. The molecule has 3 aliphatic rings. The Kier molecular flexibility index (Phi) is 7.90. The zero-order chi connectivity index (χ0) is 19.5. The fraction of sp³-hybridized carbons (Fsp3) is 0.682. The quantitative estimate of drug-likeness (QED) is 0.359. The van der Waals surface area contributed by atoms with Gasteiger partial charge in [-0.25, -0.2) is 0 Å². The van der Waals surface area contributed by atoms with E-state index >= 15 is 0 Å². The largest absolute Gasteiger partial charge is 0.496 e. The van der Waals surface area contributed by atoms with E-state index in [0.29, 0.717) is 12.6 Å². The molecule has 2 aliphatic heterocycles. The second kappa shape index (κ2) is 10.2. The molecule has 6 nitrogen and oxygen atoms in total. The highest BCUT2D eigenvalue weighted by molar-refractivity contribution is 14.0. The summed E-state index contributed by atoms with van der Waals surface area (Å²) in [4.78, 5) is 7.10. The minimum absolute atomic E-state index is 0. The number of halogens is 1. The molecule has 4 rings (SSSR count). The summed E-state index contributed by atoms with van der Waals surface area (Å²) in [6.07, 6.45) is 7.91. The lowest BCUT2D eigenvalue weighted by atomic mass is 10.1. The normalized spacial score (nSPS) is 24.7. The number of aliphatic imine (C=N–C) groups is 1. The van der Waals surface area contributed by atoms with Crippen molar-refractivity contribution in [1.82, 2.24) is 15.5 Å². The smallest absolute Gasteiger partial charge is 0.191 e. The molecule has 2 unspecified atom stereocenters. The topological polar surface area (TPSA) is 58.1 Å². The first-order chi connectivity index (χ1) is 13.7. The summed E-state index contributed by atoms with van der Waals surface area (Å²) in [5.41, 5.74) is 2.32. The van der Waals surface area contributed by atoms with Crippen LogP contribution in [0.15, 0.2) is 17.1 Å². The van der Waals surface area contributed by atoms with Gasteiger partial charge in [0.1, 0.15) is 17.6 Å². The van der Waals surface area contributed by atoms with Gasteiger partial charge in [-0.2, -0.15) is 0 Å². The summed E-state index contributed by atoms with van der Waals surface area (Å²) in [5, 5.41) is 7.07. The van der Waals surface area contributed by atoms with E-state index in [0.717, 1.165) is 42.0 Å². The van der Waals surface area contributed by atoms with Crippen molar-refractivity contribution in [3.63, 3.8) is 0 Å². The Morgan fingerprint density at radius 2 is 2.07 bits per heavy atom. The number of likely N-dealkylation sites (tertiary alicyclic amines) is 1. The van der Waals surface area contributed by atoms with Crippen LogP contribution < -0.4 is 20.1 Å². The highest BCUT2D eigenvalue weighted by Gasteiger charge is 2.30. The average Bonchev–Trinajstić information content (AvgIpc) is 3.43. The molecule has 2 fully saturated rings. The Hall–Kier alpha value is -1.22. The van der Waals surface area contributed by atoms with Crippen LogP contribution in [0.25, 0.3) is 0 Å². The van der Waals surface area contributed by atoms with Crippen molar-refractivity contribution in [3.05, 3.63) is 23.3 Å². The second-order valence-electron chi connectivity index (χ2n) is 8.39. The van der Waals surface area contributed by atoms with Crippen LogP contribution in [0.5, 0.6) is 11.5 Å². The molecule has 0 amide bonds. The van der Waals surface area contributed by atoms with Crippen molar-refractivity contribution in [2.75, 3.05) is 27.2 Å². The van der Waals surface area contributed by atoms with E-state index in [2.05, 4.69) is 39.6 Å². The molecule has 0 bridgehead atoms. The van der Waals surface area contributed by atoms with Gasteiger partial charge in [0.15, 0.2) is 5.96 Å². The molecule has 1 saturated heterocycles. The maximum absolute atomic E-state index is 5.91. The lowest BCUT2D eigenvalue weighted by molar-refractivity contribution is 0.242. The Bertz CT molecular complexity index is 721. The van der Waals surface area contributed by atoms with Crippen molar-refractivity contribution in [2.45, 2.75) is 70.2 Å². The number of rotatable bonds is 5. The molecule has 2 heterocycles. The third-order valence-corrected chi connectivity index (χ3v) is 6.37. The third-order valence-electron chi connectivity index (χ3n) is 6.37. The van der Waals surface area contributed by atoms with Crippen LogP contribution in [-0.2, 0) is 13.0 Å². The van der Waals surface area contributed by atoms with Crippen molar-refractivity contribution >= 4 is 29.9 Å². The standard InChI is InChI=1S/C22H34N4O2.HI/c1-15-10-16-11-20(27-3)17(12-21(16)28-15)13-24-22(23-2)25-18-8-9-26(14-18)19-6-4-5-7-19;/h11-12,15,18-19H,4-10,13-14H2,1-3H3,(H2,23,24,25);1H. The first kappa shape index (κ1) is 22.5. The number of nitrogens with one attached hydrogen (secondary N) is 2. The number of nitrogens with zero attached hydrogens (tertiary/aromatic N) is 2. The SMILES string of the molecule is CN=C(NCc1cc2c(cc1OC)CC(C)O2)NC1CCN(C2CCCC2)C1.I. The maximum atomic E-state index is 5.91. The highest BCUT2D eigenvalue weighted by Crippen LogP contribution is 2.35. The molecular weight excluding hydrogens is 479 g/mol. The molecule has 1 aliphatic carbocycles. The van der Waals surface area contributed by atoms with Crippen LogP contribution >= 0.6 is 24.0 Å². The summed E-state index contributed by atoms with van der Waals surface area (Å²) < 4.78 is 11.5. The number of hydrogen-bond donors (Lipinski definition) is 2. The molecule has 162 valence electrons. The molecule has 0 radical (unpaired) electrons. The Balaban J connectivity index is 0.00000240. The fourth-order valence-corrected chi connectivity index (χ4v) is 4.88. The summed E-state index contributed by atoms with van der Waals surface area (Å²) in [7, 11) is 3.57. The maximum Gasteiger partial charge on any atom is 0.191 e. The zero-order valence-electron chi connectivity index (χ0n) is 17.9. The van der Waals surface area contributed by atoms with Crippen LogP contribution in [-0.4, -0.2) is 56.3 Å². The van der Waals surface area contributed by atoms with Gasteiger partial charge < -0.3 is 20.1 Å². The Morgan fingerprint density at radius 1 is 1.28 bits per heavy atom. The summed E-state index contributed by atoms with van der Waals surface area (Å²) in [6.45, 7) is 5.09. The lowest BCUT2D eigenvalue weighted by Gasteiger charge is -2.24. The number of fused-ring (bicyclic) bond motifs is 1. The van der Waals surface area contributed by atoms with Gasteiger partial charge in [-0.1, -0.05) is 12.8 Å². The van der Waals surface area contributed by atoms with Crippen molar-refractivity contribution in [2.24, 2.45) is 4.99 Å². The number of methoxy groups -OCH3 is 1. The first-order valence-corrected chi connectivity index (χ1v) is 10.7. The predicted molar refractivity (Wildman–Crippen MR) is 128 cm³/mol. The predicted octanol–water partition coefficient (Wildman–Crippen LogP) is 3.32. The first-order valence-electron chi connectivity index (χ1n) is 10.7. The number of benzene rings is 1. The number of guanidine groups is 1. The summed E-state index contributed by atoms with van der Waals surface area (Å²) in [6, 6.07) is 5.50. The molecule has 0 spiro atoms. The van der Waals surface area contributed by atoms with Crippen LogP contribution in [0.2, 0.25) is 0 Å². The minimum atomic E-state index is 0. The Morgan fingerprint density at radius 3 is 2.79 bits per heavy atom. The molecule has 0 aromatic heterocycles. The fourth-order valence-electron chi connectivity index (χ4n) is 4.88. The molecule has 1 aromatic carbocycles. The molecule has 1 saturated carbocycles. The summed E-state index contributed by atoms with van der Waals surface area (Å²) >= 11 is 0. The number of hydrogen-bond acceptors (Lipinski definition) is 4. The second-order valence-corrected chi connectivity index (χ2v) is 8.39. The summed E-state index contributed by atoms with van der Waals surface area (Å²) in [5.74, 6) is 2.75. The van der Waals surface area contributed by atoms with E-state index in [-0.39, 0.29) is 30.1 Å². The monoisotopic (exact) mass is 514 g/mol. The van der Waals surface area contributed by atoms with Gasteiger partial charge >= 0.3 is 0 Å². The van der Waals surface area contributed by atoms with Gasteiger partial charge in [0.2, 0.25) is 0 Å². The van der Waals surface area contributed by atoms with Gasteiger partial charge in [0.25, 0.3) is 0 Å². The molecule has 2 atom stereocenters. The third kappa shape index (κ3) is 5.29. The van der Waals surface area contributed by atoms with E-state index in [4.69, 9.17) is 9.47 Å². The molecule has 1 aromatic rings. The van der Waals surface area contributed by atoms with Crippen LogP contribution in [0.4, 0.5) is 0 Å². The van der Waals surface area contributed by atoms with E-state index in [1.807, 2.05) is 7.05 Å². The van der Waals surface area contributed by atoms with Crippen molar-refractivity contribution in [3.8, 4) is 11.5 Å². The van der Waals surface area contributed by atoms with E-state index in [1.165, 1.54) is 44.2 Å².